The second kappa shape index (κ2) is 17.0. The van der Waals surface area contributed by atoms with E-state index in [4.69, 9.17) is 50.7 Å². The highest BCUT2D eigenvalue weighted by molar-refractivity contribution is 8.13. The van der Waals surface area contributed by atoms with E-state index >= 15 is 0 Å². The first kappa shape index (κ1) is 30.5. The van der Waals surface area contributed by atoms with Crippen molar-refractivity contribution in [1.29, 1.82) is 0 Å². The van der Waals surface area contributed by atoms with Gasteiger partial charge in [-0.05, 0) is 72.1 Å². The Hall–Kier alpha value is -2.53. The van der Waals surface area contributed by atoms with Crippen molar-refractivity contribution >= 4 is 55.6 Å². The van der Waals surface area contributed by atoms with Gasteiger partial charge in [-0.3, -0.25) is 19.9 Å². The van der Waals surface area contributed by atoms with Crippen molar-refractivity contribution in [1.82, 2.24) is 0 Å². The molecule has 15 heteroatoms. The number of amidine groups is 2. The zero-order chi connectivity index (χ0) is 25.3. The van der Waals surface area contributed by atoms with Crippen LogP contribution < -0.4 is 32.9 Å². The number of hydrogen-bond donors (Lipinski definition) is 8. The maximum Gasteiger partial charge on any atom is 0.307 e. The van der Waals surface area contributed by atoms with Crippen molar-refractivity contribution in [2.24, 2.45) is 22.9 Å². The number of phenols is 2. The van der Waals surface area contributed by atoms with Crippen LogP contribution in [0, 0.1) is 0 Å². The number of hydrogen-bond acceptors (Lipinski definition) is 10. The van der Waals surface area contributed by atoms with Gasteiger partial charge in [-0.25, -0.2) is 9.98 Å². The van der Waals surface area contributed by atoms with Crippen molar-refractivity contribution in [2.75, 3.05) is 24.6 Å². The standard InChI is InChI=1S/2C9H13N3OS.H2O4S/c2*10-5-6-14-9(11)12-7-1-3-8(13)4-2-7;1-5(2,3)4/h2*1-4,13H,5-6,10H2,(H2,11,12);(H2,1,2,3,4). The van der Waals surface area contributed by atoms with Crippen LogP contribution in [-0.4, -0.2) is 62.7 Å². The third kappa shape index (κ3) is 19.9. The van der Waals surface area contributed by atoms with Crippen molar-refractivity contribution in [3.63, 3.8) is 0 Å². The summed E-state index contributed by atoms with van der Waals surface area (Å²) in [6, 6.07) is 13.4. The van der Waals surface area contributed by atoms with Gasteiger partial charge in [0.15, 0.2) is 0 Å². The van der Waals surface area contributed by atoms with E-state index in [1.807, 2.05) is 0 Å². The Bertz CT molecular complexity index is 897. The molecule has 0 bridgehead atoms. The highest BCUT2D eigenvalue weighted by Crippen LogP contribution is 2.10. The monoisotopic (exact) mass is 520 g/mol. The molecule has 0 aliphatic heterocycles. The minimum atomic E-state index is -5.17. The number of benzene rings is 2. The van der Waals surface area contributed by atoms with E-state index in [9.17, 15) is 0 Å². The molecule has 0 aliphatic carbocycles. The normalized spacial score (nSPS) is 11.6. The predicted octanol–water partition coefficient (Wildman–Crippen LogP) is -3.12. The minimum Gasteiger partial charge on any atom is -0.759 e. The van der Waals surface area contributed by atoms with Gasteiger partial charge in [-0.2, -0.15) is 0 Å². The highest BCUT2D eigenvalue weighted by Gasteiger charge is 2.01. The first-order valence-corrected chi connectivity index (χ1v) is 12.4. The molecule has 12 N–H and O–H groups in total. The van der Waals surface area contributed by atoms with Crippen LogP contribution in [0.4, 0.5) is 11.4 Å². The molecule has 184 valence electrons. The van der Waals surface area contributed by atoms with Gasteiger partial charge < -0.3 is 30.8 Å². The fourth-order valence-corrected chi connectivity index (χ4v) is 2.84. The van der Waals surface area contributed by atoms with E-state index in [1.165, 1.54) is 23.5 Å². The summed E-state index contributed by atoms with van der Waals surface area (Å²) in [4.78, 5) is 5.99. The lowest BCUT2D eigenvalue weighted by Gasteiger charge is -2.06. The van der Waals surface area contributed by atoms with Crippen molar-refractivity contribution < 1.29 is 37.7 Å². The molecule has 2 aromatic rings. The first-order valence-electron chi connectivity index (χ1n) is 9.14. The molecular weight excluding hydrogens is 492 g/mol. The summed E-state index contributed by atoms with van der Waals surface area (Å²) in [6.45, 7) is 1.20. The van der Waals surface area contributed by atoms with Crippen LogP contribution in [0.2, 0.25) is 0 Å². The van der Waals surface area contributed by atoms with Crippen LogP contribution in [-0.2, 0) is 10.4 Å². The summed E-state index contributed by atoms with van der Waals surface area (Å²) in [5.74, 6) is 2.06. The van der Waals surface area contributed by atoms with E-state index in [2.05, 4.69) is 9.98 Å². The zero-order valence-corrected chi connectivity index (χ0v) is 20.0. The maximum absolute atomic E-state index is 9.04. The highest BCUT2D eigenvalue weighted by atomic mass is 32.3. The topological polar surface area (TPSA) is 253 Å². The largest absolute Gasteiger partial charge is 0.759 e. The number of thioether (sulfide) groups is 2. The summed E-state index contributed by atoms with van der Waals surface area (Å²) >= 11 is 2.94. The Morgan fingerprint density at radius 3 is 1.27 bits per heavy atom. The third-order valence-electron chi connectivity index (χ3n) is 3.02. The van der Waals surface area contributed by atoms with Gasteiger partial charge in [-0.15, -0.1) is 0 Å². The van der Waals surface area contributed by atoms with Gasteiger partial charge in [0.05, 0.1) is 0 Å². The lowest BCUT2D eigenvalue weighted by atomic mass is 10.3. The molecule has 0 amide bonds. The molecule has 0 saturated heterocycles. The third-order valence-corrected chi connectivity index (χ3v) is 4.73. The average Bonchev–Trinajstić information content (AvgIpc) is 2.73. The van der Waals surface area contributed by atoms with E-state index in [0.717, 1.165) is 22.9 Å². The van der Waals surface area contributed by atoms with Gasteiger partial charge in [0, 0.05) is 35.0 Å². The number of aromatic hydroxyl groups is 2. The van der Waals surface area contributed by atoms with Gasteiger partial charge >= 0.3 is 10.3 Å². The van der Waals surface area contributed by atoms with E-state index in [0.29, 0.717) is 23.4 Å². The molecule has 0 saturated carbocycles. The van der Waals surface area contributed by atoms with Crippen LogP contribution in [0.15, 0.2) is 48.5 Å². The lowest BCUT2D eigenvalue weighted by Crippen LogP contribution is -2.68. The molecule has 0 fully saturated rings. The lowest BCUT2D eigenvalue weighted by molar-refractivity contribution is -0.351. The molecule has 2 aromatic carbocycles. The summed E-state index contributed by atoms with van der Waals surface area (Å²) in [7, 11) is -5.17. The Labute approximate surface area is 200 Å². The van der Waals surface area contributed by atoms with E-state index in [-0.39, 0.29) is 11.5 Å². The minimum absolute atomic E-state index is 0.240. The number of rotatable bonds is 6. The molecule has 0 aliphatic rings. The van der Waals surface area contributed by atoms with Gasteiger partial charge in [0.1, 0.15) is 22.9 Å². The second-order valence-electron chi connectivity index (χ2n) is 5.75. The molecule has 0 aromatic heterocycles. The Kier molecular flexibility index (Phi) is 15.7. The quantitative estimate of drug-likeness (QED) is 0.0619. The van der Waals surface area contributed by atoms with Crippen molar-refractivity contribution in [3.05, 3.63) is 48.5 Å². The number of phenolic OH excluding ortho intramolecular Hbond substituents is 2. The molecule has 0 atom stereocenters. The maximum atomic E-state index is 9.04. The summed E-state index contributed by atoms with van der Waals surface area (Å²) in [5, 5.41) is 19.3. The van der Waals surface area contributed by atoms with Gasteiger partial charge in [0.25, 0.3) is 0 Å². The molecule has 0 spiro atoms. The molecule has 12 nitrogen and oxygen atoms in total. The van der Waals surface area contributed by atoms with Crippen LogP contribution in [0.5, 0.6) is 11.5 Å². The molecule has 0 unspecified atom stereocenters. The van der Waals surface area contributed by atoms with Gasteiger partial charge in [0.2, 0.25) is 0 Å². The second-order valence-corrected chi connectivity index (χ2v) is 8.84. The fraction of sp³-hybridized carbons (Fsp3) is 0.222. The Balaban J connectivity index is 0.000000517. The molecule has 33 heavy (non-hydrogen) atoms. The molecule has 2 rings (SSSR count). The molecule has 0 heterocycles. The van der Waals surface area contributed by atoms with Gasteiger partial charge in [-0.1, -0.05) is 0 Å². The SMILES string of the molecule is NCCSC(N)=[NH+]c1ccc(O)cc1.NCCSC(N)=[NH+]c1ccc(O)cc1.O=S(=O)([O-])[O-]. The smallest absolute Gasteiger partial charge is 0.307 e. The predicted molar refractivity (Wildman–Crippen MR) is 129 cm³/mol. The van der Waals surface area contributed by atoms with Crippen LogP contribution in [0.3, 0.4) is 0 Å². The summed E-state index contributed by atoms with van der Waals surface area (Å²) < 4.78 is 34.1. The van der Waals surface area contributed by atoms with E-state index < -0.39 is 10.4 Å². The van der Waals surface area contributed by atoms with E-state index in [1.54, 1.807) is 48.5 Å². The first-order chi connectivity index (χ1) is 15.4. The van der Waals surface area contributed by atoms with Crippen molar-refractivity contribution in [3.8, 4) is 11.5 Å². The fourth-order valence-electron chi connectivity index (χ4n) is 1.78. The van der Waals surface area contributed by atoms with Crippen LogP contribution >= 0.6 is 23.5 Å². The van der Waals surface area contributed by atoms with Crippen molar-refractivity contribution in [2.45, 2.75) is 0 Å². The average molecular weight is 521 g/mol. The summed E-state index contributed by atoms with van der Waals surface area (Å²) in [6.07, 6.45) is 0. The molecule has 0 radical (unpaired) electrons. The summed E-state index contributed by atoms with van der Waals surface area (Å²) in [5.41, 5.74) is 23.7. The number of nitrogens with one attached hydrogen (secondary N) is 2. The number of nitrogens with two attached hydrogens (primary N) is 4. The van der Waals surface area contributed by atoms with Crippen LogP contribution in [0.25, 0.3) is 0 Å². The Morgan fingerprint density at radius 2 is 1.03 bits per heavy atom. The zero-order valence-electron chi connectivity index (χ0n) is 17.5. The molecular formula is C18H28N6O6S3. The Morgan fingerprint density at radius 1 is 0.758 bits per heavy atom. The van der Waals surface area contributed by atoms with Crippen LogP contribution in [0.1, 0.15) is 0 Å².